The number of fused-ring (bicyclic) bond motifs is 1. The number of nitrogens with one attached hydrogen (secondary N) is 1. The van der Waals surface area contributed by atoms with Crippen LogP contribution < -0.4 is 5.32 Å². The lowest BCUT2D eigenvalue weighted by Crippen LogP contribution is -2.44. The molecule has 0 unspecified atom stereocenters. The molecule has 1 atom stereocenters. The molecule has 28 heavy (non-hydrogen) atoms. The molecule has 4 nitrogen and oxygen atoms in total. The molecular formula is C24H27N3O. The molecule has 1 aliphatic heterocycles. The Kier molecular flexibility index (Phi) is 4.71. The minimum absolute atomic E-state index is 0.0465. The fourth-order valence-electron chi connectivity index (χ4n) is 4.25. The Labute approximate surface area is 166 Å². The van der Waals surface area contributed by atoms with Gasteiger partial charge in [-0.25, -0.2) is 4.79 Å². The summed E-state index contributed by atoms with van der Waals surface area (Å²) in [5, 5.41) is 3.18. The quantitative estimate of drug-likeness (QED) is 0.645. The molecule has 0 saturated heterocycles. The Morgan fingerprint density at radius 1 is 0.929 bits per heavy atom. The van der Waals surface area contributed by atoms with Gasteiger partial charge in [0, 0.05) is 30.7 Å². The minimum atomic E-state index is -0.0892. The summed E-state index contributed by atoms with van der Waals surface area (Å²) in [7, 11) is 0. The average Bonchev–Trinajstić information content (AvgIpc) is 3.13. The number of hydrogen-bond acceptors (Lipinski definition) is 1. The number of anilines is 1. The molecule has 0 bridgehead atoms. The minimum Gasteiger partial charge on any atom is -0.348 e. The molecule has 2 heterocycles. The molecule has 144 valence electrons. The number of benzene rings is 2. The zero-order valence-corrected chi connectivity index (χ0v) is 17.0. The van der Waals surface area contributed by atoms with Crippen LogP contribution in [0.5, 0.6) is 0 Å². The Morgan fingerprint density at radius 3 is 2.39 bits per heavy atom. The largest absolute Gasteiger partial charge is 0.348 e. The zero-order chi connectivity index (χ0) is 19.8. The van der Waals surface area contributed by atoms with E-state index in [0.717, 1.165) is 29.1 Å². The third-order valence-electron chi connectivity index (χ3n) is 5.73. The average molecular weight is 374 g/mol. The molecule has 1 aliphatic rings. The predicted octanol–water partition coefficient (Wildman–Crippen LogP) is 5.36. The number of para-hydroxylation sites is 1. The number of rotatable bonds is 2. The van der Waals surface area contributed by atoms with Gasteiger partial charge in [-0.15, -0.1) is 0 Å². The van der Waals surface area contributed by atoms with Gasteiger partial charge in [-0.05, 0) is 62.1 Å². The number of nitrogens with zero attached hydrogens (tertiary/aromatic N) is 2. The van der Waals surface area contributed by atoms with Crippen molar-refractivity contribution in [3.8, 4) is 0 Å². The van der Waals surface area contributed by atoms with E-state index in [1.54, 1.807) is 0 Å². The first-order valence-electron chi connectivity index (χ1n) is 9.81. The molecule has 4 heteroatoms. The summed E-state index contributed by atoms with van der Waals surface area (Å²) in [6, 6.07) is 16.6. The number of urea groups is 1. The maximum absolute atomic E-state index is 13.4. The molecular weight excluding hydrogens is 346 g/mol. The first-order valence-corrected chi connectivity index (χ1v) is 9.81. The Hall–Kier alpha value is -3.01. The van der Waals surface area contributed by atoms with Crippen molar-refractivity contribution < 1.29 is 4.79 Å². The van der Waals surface area contributed by atoms with Gasteiger partial charge in [-0.3, -0.25) is 0 Å². The summed E-state index contributed by atoms with van der Waals surface area (Å²) < 4.78 is 2.26. The van der Waals surface area contributed by atoms with Gasteiger partial charge >= 0.3 is 6.03 Å². The van der Waals surface area contributed by atoms with Gasteiger partial charge in [-0.2, -0.15) is 0 Å². The lowest BCUT2D eigenvalue weighted by atomic mass is 9.94. The van der Waals surface area contributed by atoms with Crippen LogP contribution in [0.25, 0.3) is 0 Å². The molecule has 1 aromatic heterocycles. The van der Waals surface area contributed by atoms with Gasteiger partial charge in [0.2, 0.25) is 0 Å². The van der Waals surface area contributed by atoms with Crippen molar-refractivity contribution in [3.05, 3.63) is 88.2 Å². The van der Waals surface area contributed by atoms with Gasteiger partial charge in [0.25, 0.3) is 0 Å². The van der Waals surface area contributed by atoms with E-state index in [1.807, 2.05) is 36.9 Å². The van der Waals surface area contributed by atoms with Crippen molar-refractivity contribution in [1.29, 1.82) is 0 Å². The monoisotopic (exact) mass is 373 g/mol. The normalized spacial score (nSPS) is 16.0. The Morgan fingerprint density at radius 2 is 1.68 bits per heavy atom. The predicted molar refractivity (Wildman–Crippen MR) is 114 cm³/mol. The van der Waals surface area contributed by atoms with E-state index >= 15 is 0 Å². The van der Waals surface area contributed by atoms with Crippen LogP contribution in [0.1, 0.15) is 39.6 Å². The van der Waals surface area contributed by atoms with E-state index in [0.29, 0.717) is 6.54 Å². The summed E-state index contributed by atoms with van der Waals surface area (Å²) in [6.07, 6.45) is 2.10. The highest BCUT2D eigenvalue weighted by Crippen LogP contribution is 2.35. The fraction of sp³-hybridized carbons (Fsp3) is 0.292. The van der Waals surface area contributed by atoms with Crippen molar-refractivity contribution in [2.45, 2.75) is 40.3 Å². The van der Waals surface area contributed by atoms with Crippen LogP contribution in [-0.2, 0) is 6.54 Å². The van der Waals surface area contributed by atoms with E-state index < -0.39 is 0 Å². The molecule has 2 aromatic carbocycles. The summed E-state index contributed by atoms with van der Waals surface area (Å²) >= 11 is 0. The highest BCUT2D eigenvalue weighted by Gasteiger charge is 2.33. The smallest absolute Gasteiger partial charge is 0.322 e. The summed E-state index contributed by atoms with van der Waals surface area (Å²) in [5.74, 6) is 0. The standard InChI is InChI=1S/C24H27N3O/c1-16-10-11-20(19(4)15-16)23-21-9-6-12-26(21)13-14-27(23)24(28)25-22-17(2)7-5-8-18(22)3/h5-12,15,23H,13-14H2,1-4H3,(H,25,28)/t23-/m0/s1. The van der Waals surface area contributed by atoms with E-state index in [4.69, 9.17) is 0 Å². The number of carbonyl (C=O) groups is 1. The van der Waals surface area contributed by atoms with Crippen LogP contribution in [0, 0.1) is 27.7 Å². The Balaban J connectivity index is 1.73. The lowest BCUT2D eigenvalue weighted by molar-refractivity contribution is 0.181. The zero-order valence-electron chi connectivity index (χ0n) is 17.0. The molecule has 0 fully saturated rings. The first-order chi connectivity index (χ1) is 13.5. The van der Waals surface area contributed by atoms with Gasteiger partial charge in [0.15, 0.2) is 0 Å². The third kappa shape index (κ3) is 3.19. The second-order valence-corrected chi connectivity index (χ2v) is 7.78. The third-order valence-corrected chi connectivity index (χ3v) is 5.73. The van der Waals surface area contributed by atoms with Crippen LogP contribution in [0.15, 0.2) is 54.7 Å². The SMILES string of the molecule is Cc1ccc([C@H]2c3cccn3CCN2C(=O)Nc2c(C)cccc2C)c(C)c1. The highest BCUT2D eigenvalue weighted by molar-refractivity contribution is 5.91. The van der Waals surface area contributed by atoms with Gasteiger partial charge in [0.1, 0.15) is 0 Å². The number of carbonyl (C=O) groups excluding carboxylic acids is 1. The Bertz CT molecular complexity index is 1010. The number of aromatic nitrogens is 1. The van der Waals surface area contributed by atoms with Crippen molar-refractivity contribution >= 4 is 11.7 Å². The molecule has 0 spiro atoms. The van der Waals surface area contributed by atoms with E-state index in [2.05, 4.69) is 60.3 Å². The van der Waals surface area contributed by atoms with Gasteiger partial charge in [-0.1, -0.05) is 42.0 Å². The molecule has 0 radical (unpaired) electrons. The lowest BCUT2D eigenvalue weighted by Gasteiger charge is -2.38. The molecule has 1 N–H and O–H groups in total. The number of hydrogen-bond donors (Lipinski definition) is 1. The molecule has 0 saturated carbocycles. The van der Waals surface area contributed by atoms with Crippen molar-refractivity contribution in [2.75, 3.05) is 11.9 Å². The van der Waals surface area contributed by atoms with E-state index in [1.165, 1.54) is 16.7 Å². The van der Waals surface area contributed by atoms with Crippen molar-refractivity contribution in [1.82, 2.24) is 9.47 Å². The van der Waals surface area contributed by atoms with E-state index in [9.17, 15) is 4.79 Å². The molecule has 4 rings (SSSR count). The second-order valence-electron chi connectivity index (χ2n) is 7.78. The molecule has 2 amide bonds. The van der Waals surface area contributed by atoms with Crippen LogP contribution in [-0.4, -0.2) is 22.0 Å². The van der Waals surface area contributed by atoms with E-state index in [-0.39, 0.29) is 12.1 Å². The summed E-state index contributed by atoms with van der Waals surface area (Å²) in [4.78, 5) is 15.3. The first kappa shape index (κ1) is 18.4. The van der Waals surface area contributed by atoms with Gasteiger partial charge < -0.3 is 14.8 Å². The van der Waals surface area contributed by atoms with Crippen LogP contribution >= 0.6 is 0 Å². The van der Waals surface area contributed by atoms with Crippen LogP contribution in [0.4, 0.5) is 10.5 Å². The number of aryl methyl sites for hydroxylation is 4. The van der Waals surface area contributed by atoms with Gasteiger partial charge in [0.05, 0.1) is 6.04 Å². The number of amides is 2. The summed E-state index contributed by atoms with van der Waals surface area (Å²) in [5.41, 5.74) is 7.86. The van der Waals surface area contributed by atoms with Crippen molar-refractivity contribution in [2.24, 2.45) is 0 Å². The maximum atomic E-state index is 13.4. The topological polar surface area (TPSA) is 37.3 Å². The summed E-state index contributed by atoms with van der Waals surface area (Å²) in [6.45, 7) is 9.79. The second kappa shape index (κ2) is 7.19. The van der Waals surface area contributed by atoms with Crippen molar-refractivity contribution in [3.63, 3.8) is 0 Å². The molecule has 3 aromatic rings. The maximum Gasteiger partial charge on any atom is 0.322 e. The van der Waals surface area contributed by atoms with Crippen LogP contribution in [0.3, 0.4) is 0 Å². The fourth-order valence-corrected chi connectivity index (χ4v) is 4.25. The highest BCUT2D eigenvalue weighted by atomic mass is 16.2. The van der Waals surface area contributed by atoms with Crippen LogP contribution in [0.2, 0.25) is 0 Å². The molecule has 0 aliphatic carbocycles.